The van der Waals surface area contributed by atoms with Crippen LogP contribution in [-0.4, -0.2) is 29.4 Å². The van der Waals surface area contributed by atoms with Crippen LogP contribution in [0.5, 0.6) is 0 Å². The van der Waals surface area contributed by atoms with Crippen molar-refractivity contribution in [3.05, 3.63) is 92.6 Å². The molecule has 1 atom stereocenters. The van der Waals surface area contributed by atoms with Crippen molar-refractivity contribution in [2.75, 3.05) is 11.5 Å². The van der Waals surface area contributed by atoms with Crippen molar-refractivity contribution in [3.63, 3.8) is 0 Å². The van der Waals surface area contributed by atoms with Crippen LogP contribution in [0.4, 0.5) is 5.69 Å². The SMILES string of the molecule is CC(C)COC(=O)c1ccc(N2C(=O)C(=O)/C(=C(\O)c3cccc(Cl)c3)C2c2cccs2)cc1. The summed E-state index contributed by atoms with van der Waals surface area (Å²) < 4.78 is 5.26. The van der Waals surface area contributed by atoms with E-state index >= 15 is 0 Å². The predicted octanol–water partition coefficient (Wildman–Crippen LogP) is 5.84. The third kappa shape index (κ3) is 4.62. The Morgan fingerprint density at radius 3 is 2.44 bits per heavy atom. The summed E-state index contributed by atoms with van der Waals surface area (Å²) in [5, 5.41) is 13.3. The number of carbonyl (C=O) groups excluding carboxylic acids is 3. The molecule has 6 nitrogen and oxygen atoms in total. The van der Waals surface area contributed by atoms with E-state index in [1.165, 1.54) is 22.3 Å². The number of aliphatic hydroxyl groups is 1. The fraction of sp³-hybridized carbons (Fsp3) is 0.192. The molecular weight excluding hydrogens is 474 g/mol. The van der Waals surface area contributed by atoms with Gasteiger partial charge in [-0.2, -0.15) is 0 Å². The first-order chi connectivity index (χ1) is 16.3. The van der Waals surface area contributed by atoms with Gasteiger partial charge in [0.1, 0.15) is 11.8 Å². The van der Waals surface area contributed by atoms with Crippen molar-refractivity contribution >= 4 is 52.0 Å². The second kappa shape index (κ2) is 9.83. The number of thiophene rings is 1. The van der Waals surface area contributed by atoms with Gasteiger partial charge in [-0.15, -0.1) is 11.3 Å². The van der Waals surface area contributed by atoms with Gasteiger partial charge in [-0.3, -0.25) is 14.5 Å². The van der Waals surface area contributed by atoms with Crippen LogP contribution in [0.2, 0.25) is 5.02 Å². The molecule has 2 heterocycles. The summed E-state index contributed by atoms with van der Waals surface area (Å²) in [6.07, 6.45) is 0. The zero-order valence-electron chi connectivity index (χ0n) is 18.5. The Hall–Kier alpha value is -3.42. The van der Waals surface area contributed by atoms with Gasteiger partial charge in [0.25, 0.3) is 11.7 Å². The maximum absolute atomic E-state index is 13.1. The van der Waals surface area contributed by atoms with Crippen molar-refractivity contribution in [2.24, 2.45) is 5.92 Å². The monoisotopic (exact) mass is 495 g/mol. The zero-order valence-corrected chi connectivity index (χ0v) is 20.1. The van der Waals surface area contributed by atoms with Gasteiger partial charge >= 0.3 is 5.97 Å². The molecular formula is C26H22ClNO5S. The second-order valence-corrected chi connectivity index (χ2v) is 9.65. The molecule has 3 aromatic rings. The molecule has 0 bridgehead atoms. The number of halogens is 1. The van der Waals surface area contributed by atoms with E-state index in [0.717, 1.165) is 0 Å². The lowest BCUT2D eigenvalue weighted by atomic mass is 9.99. The average Bonchev–Trinajstić information content (AvgIpc) is 3.44. The van der Waals surface area contributed by atoms with Gasteiger partial charge in [-0.05, 0) is 53.8 Å². The van der Waals surface area contributed by atoms with E-state index in [1.807, 2.05) is 25.3 Å². The van der Waals surface area contributed by atoms with E-state index in [-0.39, 0.29) is 17.3 Å². The molecule has 1 fully saturated rings. The Bertz CT molecular complexity index is 1260. The molecule has 8 heteroatoms. The van der Waals surface area contributed by atoms with Crippen LogP contribution in [0, 0.1) is 5.92 Å². The highest BCUT2D eigenvalue weighted by molar-refractivity contribution is 7.10. The number of esters is 1. The van der Waals surface area contributed by atoms with Crippen molar-refractivity contribution in [2.45, 2.75) is 19.9 Å². The second-order valence-electron chi connectivity index (χ2n) is 8.23. The lowest BCUT2D eigenvalue weighted by Gasteiger charge is -2.24. The maximum atomic E-state index is 13.1. The number of rotatable bonds is 6. The van der Waals surface area contributed by atoms with E-state index in [0.29, 0.717) is 33.3 Å². The third-order valence-electron chi connectivity index (χ3n) is 5.28. The Morgan fingerprint density at radius 2 is 1.82 bits per heavy atom. The first kappa shape index (κ1) is 23.7. The van der Waals surface area contributed by atoms with Crippen LogP contribution in [0.15, 0.2) is 71.6 Å². The van der Waals surface area contributed by atoms with E-state index in [1.54, 1.807) is 48.5 Å². The largest absolute Gasteiger partial charge is 0.507 e. The molecule has 34 heavy (non-hydrogen) atoms. The molecule has 0 spiro atoms. The minimum atomic E-state index is -0.822. The summed E-state index contributed by atoms with van der Waals surface area (Å²) >= 11 is 7.44. The van der Waals surface area contributed by atoms with E-state index < -0.39 is 23.7 Å². The van der Waals surface area contributed by atoms with Crippen molar-refractivity contribution in [1.82, 2.24) is 0 Å². The highest BCUT2D eigenvalue weighted by Gasteiger charge is 2.47. The van der Waals surface area contributed by atoms with Crippen LogP contribution >= 0.6 is 22.9 Å². The number of benzene rings is 2. The highest BCUT2D eigenvalue weighted by Crippen LogP contribution is 2.43. The fourth-order valence-electron chi connectivity index (χ4n) is 3.69. The predicted molar refractivity (Wildman–Crippen MR) is 132 cm³/mol. The third-order valence-corrected chi connectivity index (χ3v) is 6.44. The Labute approximate surface area is 206 Å². The zero-order chi connectivity index (χ0) is 24.4. The molecule has 0 radical (unpaired) electrons. The van der Waals surface area contributed by atoms with Crippen LogP contribution in [0.1, 0.15) is 40.7 Å². The van der Waals surface area contributed by atoms with Crippen LogP contribution in [-0.2, 0) is 14.3 Å². The molecule has 1 unspecified atom stereocenters. The number of Topliss-reactive ketones (excluding diaryl/α,β-unsaturated/α-hetero) is 1. The van der Waals surface area contributed by atoms with E-state index in [4.69, 9.17) is 16.3 Å². The molecule has 0 aliphatic carbocycles. The van der Waals surface area contributed by atoms with Gasteiger partial charge in [0.2, 0.25) is 0 Å². The number of hydrogen-bond acceptors (Lipinski definition) is 6. The number of hydrogen-bond donors (Lipinski definition) is 1. The number of aliphatic hydroxyl groups excluding tert-OH is 1. The van der Waals surface area contributed by atoms with Gasteiger partial charge in [-0.1, -0.05) is 43.6 Å². The number of ketones is 1. The molecule has 2 aromatic carbocycles. The molecule has 174 valence electrons. The van der Waals surface area contributed by atoms with Crippen molar-refractivity contribution < 1.29 is 24.2 Å². The lowest BCUT2D eigenvalue weighted by Crippen LogP contribution is -2.29. The normalized spacial score (nSPS) is 17.4. The summed E-state index contributed by atoms with van der Waals surface area (Å²) in [5.74, 6) is -2.11. The summed E-state index contributed by atoms with van der Waals surface area (Å²) in [7, 11) is 0. The quantitative estimate of drug-likeness (QED) is 0.201. The minimum absolute atomic E-state index is 0.0184. The van der Waals surface area contributed by atoms with Crippen LogP contribution in [0.25, 0.3) is 5.76 Å². The van der Waals surface area contributed by atoms with Gasteiger partial charge in [0, 0.05) is 21.2 Å². The van der Waals surface area contributed by atoms with Crippen molar-refractivity contribution in [1.29, 1.82) is 0 Å². The molecule has 1 aliphatic heterocycles. The molecule has 1 saturated heterocycles. The van der Waals surface area contributed by atoms with Gasteiger partial charge in [0.05, 0.1) is 17.7 Å². The summed E-state index contributed by atoms with van der Waals surface area (Å²) in [4.78, 5) is 40.6. The van der Waals surface area contributed by atoms with Crippen LogP contribution < -0.4 is 4.90 Å². The molecule has 1 N–H and O–H groups in total. The maximum Gasteiger partial charge on any atom is 0.338 e. The highest BCUT2D eigenvalue weighted by atomic mass is 35.5. The number of anilines is 1. The number of ether oxygens (including phenoxy) is 1. The Kier molecular flexibility index (Phi) is 6.86. The van der Waals surface area contributed by atoms with E-state index in [9.17, 15) is 19.5 Å². The Morgan fingerprint density at radius 1 is 1.09 bits per heavy atom. The minimum Gasteiger partial charge on any atom is -0.507 e. The number of nitrogens with zero attached hydrogens (tertiary/aromatic N) is 1. The summed E-state index contributed by atoms with van der Waals surface area (Å²) in [6, 6.07) is 15.6. The molecule has 4 rings (SSSR count). The smallest absolute Gasteiger partial charge is 0.338 e. The molecule has 1 aromatic heterocycles. The lowest BCUT2D eigenvalue weighted by molar-refractivity contribution is -0.132. The van der Waals surface area contributed by atoms with Gasteiger partial charge in [-0.25, -0.2) is 4.79 Å². The van der Waals surface area contributed by atoms with Crippen LogP contribution in [0.3, 0.4) is 0 Å². The summed E-state index contributed by atoms with van der Waals surface area (Å²) in [6.45, 7) is 4.19. The number of amides is 1. The molecule has 0 saturated carbocycles. The molecule has 1 aliphatic rings. The van der Waals surface area contributed by atoms with E-state index in [2.05, 4.69) is 0 Å². The van der Waals surface area contributed by atoms with Gasteiger partial charge in [0.15, 0.2) is 0 Å². The van der Waals surface area contributed by atoms with Gasteiger partial charge < -0.3 is 9.84 Å². The Balaban J connectivity index is 1.75. The molecule has 1 amide bonds. The van der Waals surface area contributed by atoms with Crippen molar-refractivity contribution in [3.8, 4) is 0 Å². The topological polar surface area (TPSA) is 83.9 Å². The first-order valence-corrected chi connectivity index (χ1v) is 11.9. The standard InChI is InChI=1S/C26H22ClNO5S/c1-15(2)14-33-26(32)16-8-10-19(11-9-16)28-22(20-7-4-12-34-20)21(24(30)25(28)31)23(29)17-5-3-6-18(27)13-17/h3-13,15,22,29H,14H2,1-2H3/b23-21-. The number of carbonyl (C=O) groups is 3. The fourth-order valence-corrected chi connectivity index (χ4v) is 4.70. The first-order valence-electron chi connectivity index (χ1n) is 10.7. The average molecular weight is 496 g/mol. The summed E-state index contributed by atoms with van der Waals surface area (Å²) in [5.41, 5.74) is 1.09.